The Morgan fingerprint density at radius 1 is 0.925 bits per heavy atom. The minimum Gasteiger partial charge on any atom is -0.378 e. The number of nitrogens with zero attached hydrogens (tertiary/aromatic N) is 8. The molecule has 0 unspecified atom stereocenters. The Labute approximate surface area is 231 Å². The van der Waals surface area contributed by atoms with Gasteiger partial charge >= 0.3 is 0 Å². The molecular formula is C28H31N9O3. The summed E-state index contributed by atoms with van der Waals surface area (Å²) in [5.41, 5.74) is 6.08. The molecule has 0 aliphatic carbocycles. The number of ether oxygens (including phenoxy) is 1. The minimum absolute atomic E-state index is 0.0820. The second kappa shape index (κ2) is 11.7. The highest BCUT2D eigenvalue weighted by Gasteiger charge is 2.20. The topological polar surface area (TPSA) is 127 Å². The Hall–Kier alpha value is -4.58. The third kappa shape index (κ3) is 5.71. The molecule has 2 aromatic carbocycles. The number of rotatable bonds is 8. The number of nitrogens with one attached hydrogen (secondary N) is 1. The van der Waals surface area contributed by atoms with Crippen molar-refractivity contribution in [3.05, 3.63) is 76.0 Å². The standard InChI is InChI=1S/C28H31N9O3/c38-37(39)23-10-8-21(9-11-23)19-36-20-22(24-6-2-3-7-25(24)36)18-29-33-26-30-27(34-12-4-1-5-13-34)32-28(31-26)35-14-16-40-17-15-35/h2-3,6-11,18,20H,1,4-5,12-17,19H2,(H,30,31,32,33). The van der Waals surface area contributed by atoms with E-state index in [9.17, 15) is 10.1 Å². The zero-order chi connectivity index (χ0) is 27.3. The molecular weight excluding hydrogens is 510 g/mol. The molecule has 2 aliphatic rings. The van der Waals surface area contributed by atoms with Gasteiger partial charge in [0.1, 0.15) is 0 Å². The number of morpholine rings is 1. The van der Waals surface area contributed by atoms with Crippen molar-refractivity contribution >= 4 is 40.6 Å². The van der Waals surface area contributed by atoms with Gasteiger partial charge in [0.25, 0.3) is 5.69 Å². The van der Waals surface area contributed by atoms with Gasteiger partial charge in [0.2, 0.25) is 17.8 Å². The van der Waals surface area contributed by atoms with Gasteiger partial charge < -0.3 is 19.1 Å². The van der Waals surface area contributed by atoms with Crippen LogP contribution in [0.25, 0.3) is 10.9 Å². The van der Waals surface area contributed by atoms with E-state index < -0.39 is 0 Å². The lowest BCUT2D eigenvalue weighted by molar-refractivity contribution is -0.384. The summed E-state index contributed by atoms with van der Waals surface area (Å²) in [6.07, 6.45) is 7.29. The summed E-state index contributed by atoms with van der Waals surface area (Å²) in [7, 11) is 0. The van der Waals surface area contributed by atoms with Crippen LogP contribution in [0.4, 0.5) is 23.5 Å². The smallest absolute Gasteiger partial charge is 0.269 e. The van der Waals surface area contributed by atoms with Crippen molar-refractivity contribution in [2.75, 3.05) is 54.6 Å². The Morgan fingerprint density at radius 3 is 2.35 bits per heavy atom. The second-order valence-electron chi connectivity index (χ2n) is 9.93. The number of hydrogen-bond acceptors (Lipinski definition) is 10. The number of nitro groups is 1. The molecule has 4 aromatic rings. The first-order valence-corrected chi connectivity index (χ1v) is 13.6. The number of hydrogen-bond donors (Lipinski definition) is 1. The number of nitro benzene ring substituents is 1. The molecule has 12 heteroatoms. The van der Waals surface area contributed by atoms with Crippen LogP contribution in [0.1, 0.15) is 30.4 Å². The fourth-order valence-electron chi connectivity index (χ4n) is 5.13. The lowest BCUT2D eigenvalue weighted by atomic mass is 10.1. The number of para-hydroxylation sites is 1. The largest absolute Gasteiger partial charge is 0.378 e. The Morgan fingerprint density at radius 2 is 1.62 bits per heavy atom. The lowest BCUT2D eigenvalue weighted by Gasteiger charge is -2.30. The summed E-state index contributed by atoms with van der Waals surface area (Å²) in [6.45, 7) is 5.22. The maximum atomic E-state index is 11.0. The van der Waals surface area contributed by atoms with Gasteiger partial charge in [-0.2, -0.15) is 20.1 Å². The van der Waals surface area contributed by atoms with Crippen LogP contribution in [-0.2, 0) is 11.3 Å². The van der Waals surface area contributed by atoms with Gasteiger partial charge in [0.15, 0.2) is 0 Å². The number of aromatic nitrogens is 4. The van der Waals surface area contributed by atoms with Crippen LogP contribution < -0.4 is 15.2 Å². The van der Waals surface area contributed by atoms with E-state index >= 15 is 0 Å². The molecule has 206 valence electrons. The van der Waals surface area contributed by atoms with Crippen LogP contribution in [0.5, 0.6) is 0 Å². The van der Waals surface area contributed by atoms with Gasteiger partial charge in [-0.3, -0.25) is 10.1 Å². The van der Waals surface area contributed by atoms with Crippen molar-refractivity contribution in [2.45, 2.75) is 25.8 Å². The van der Waals surface area contributed by atoms with Crippen molar-refractivity contribution in [2.24, 2.45) is 5.10 Å². The SMILES string of the molecule is O=[N+]([O-])c1ccc(Cn2cc(C=NNc3nc(N4CCCCC4)nc(N4CCOCC4)n3)c3ccccc32)cc1. The highest BCUT2D eigenvalue weighted by atomic mass is 16.6. The van der Waals surface area contributed by atoms with Crippen molar-refractivity contribution in [1.82, 2.24) is 19.5 Å². The van der Waals surface area contributed by atoms with E-state index in [1.54, 1.807) is 18.3 Å². The quantitative estimate of drug-likeness (QED) is 0.200. The third-order valence-electron chi connectivity index (χ3n) is 7.23. The van der Waals surface area contributed by atoms with E-state index in [-0.39, 0.29) is 10.6 Å². The predicted octanol–water partition coefficient (Wildman–Crippen LogP) is 4.06. The lowest BCUT2D eigenvalue weighted by Crippen LogP contribution is -2.38. The van der Waals surface area contributed by atoms with Gasteiger partial charge in [-0.25, -0.2) is 5.43 Å². The molecule has 0 radical (unpaired) electrons. The minimum atomic E-state index is -0.387. The van der Waals surface area contributed by atoms with Crippen LogP contribution in [0.2, 0.25) is 0 Å². The summed E-state index contributed by atoms with van der Waals surface area (Å²) in [6, 6.07) is 14.7. The normalized spacial score (nSPS) is 16.1. The van der Waals surface area contributed by atoms with E-state index in [1.165, 1.54) is 18.6 Å². The average molecular weight is 542 g/mol. The maximum absolute atomic E-state index is 11.0. The molecule has 4 heterocycles. The highest BCUT2D eigenvalue weighted by Crippen LogP contribution is 2.23. The van der Waals surface area contributed by atoms with Gasteiger partial charge in [0, 0.05) is 67.5 Å². The first-order valence-electron chi connectivity index (χ1n) is 13.6. The first kappa shape index (κ1) is 25.7. The van der Waals surface area contributed by atoms with Crippen LogP contribution in [0, 0.1) is 10.1 Å². The Balaban J connectivity index is 1.24. The average Bonchev–Trinajstić information content (AvgIpc) is 3.35. The van der Waals surface area contributed by atoms with E-state index in [0.29, 0.717) is 37.6 Å². The number of piperidine rings is 1. The van der Waals surface area contributed by atoms with E-state index in [1.807, 2.05) is 18.3 Å². The molecule has 2 aliphatic heterocycles. The molecule has 40 heavy (non-hydrogen) atoms. The summed E-state index contributed by atoms with van der Waals surface area (Å²) < 4.78 is 7.63. The van der Waals surface area contributed by atoms with E-state index in [2.05, 4.69) is 42.0 Å². The van der Waals surface area contributed by atoms with Gasteiger partial charge in [-0.15, -0.1) is 0 Å². The summed E-state index contributed by atoms with van der Waals surface area (Å²) in [4.78, 5) is 29.1. The zero-order valence-corrected chi connectivity index (χ0v) is 22.1. The fraction of sp³-hybridized carbons (Fsp3) is 0.357. The van der Waals surface area contributed by atoms with E-state index in [0.717, 1.165) is 61.1 Å². The van der Waals surface area contributed by atoms with Crippen LogP contribution >= 0.6 is 0 Å². The first-order chi connectivity index (χ1) is 19.6. The summed E-state index contributed by atoms with van der Waals surface area (Å²) in [5, 5.41) is 16.6. The van der Waals surface area contributed by atoms with Crippen LogP contribution in [0.15, 0.2) is 59.8 Å². The molecule has 0 bridgehead atoms. The van der Waals surface area contributed by atoms with Gasteiger partial charge in [-0.1, -0.05) is 30.3 Å². The number of anilines is 3. The number of hydrazone groups is 1. The van der Waals surface area contributed by atoms with Crippen molar-refractivity contribution in [1.29, 1.82) is 0 Å². The summed E-state index contributed by atoms with van der Waals surface area (Å²) >= 11 is 0. The molecule has 2 fully saturated rings. The monoisotopic (exact) mass is 541 g/mol. The van der Waals surface area contributed by atoms with Crippen LogP contribution in [-0.4, -0.2) is 70.0 Å². The molecule has 2 saturated heterocycles. The van der Waals surface area contributed by atoms with Crippen LogP contribution in [0.3, 0.4) is 0 Å². The molecule has 0 atom stereocenters. The number of fused-ring (bicyclic) bond motifs is 1. The predicted molar refractivity (Wildman–Crippen MR) is 154 cm³/mol. The van der Waals surface area contributed by atoms with E-state index in [4.69, 9.17) is 14.7 Å². The number of non-ortho nitro benzene ring substituents is 1. The summed E-state index contributed by atoms with van der Waals surface area (Å²) in [5.74, 6) is 1.72. The molecule has 1 N–H and O–H groups in total. The Bertz CT molecular complexity index is 1470. The fourth-order valence-corrected chi connectivity index (χ4v) is 5.13. The van der Waals surface area contributed by atoms with Crippen molar-refractivity contribution in [3.8, 4) is 0 Å². The second-order valence-corrected chi connectivity index (χ2v) is 9.93. The molecule has 0 saturated carbocycles. The third-order valence-corrected chi connectivity index (χ3v) is 7.23. The number of benzene rings is 2. The zero-order valence-electron chi connectivity index (χ0n) is 22.1. The molecule has 0 amide bonds. The molecule has 12 nitrogen and oxygen atoms in total. The molecule has 2 aromatic heterocycles. The van der Waals surface area contributed by atoms with Crippen molar-refractivity contribution < 1.29 is 9.66 Å². The molecule has 0 spiro atoms. The van der Waals surface area contributed by atoms with Gasteiger partial charge in [-0.05, 0) is 30.9 Å². The van der Waals surface area contributed by atoms with Crippen molar-refractivity contribution in [3.63, 3.8) is 0 Å². The molecule has 6 rings (SSSR count). The Kier molecular flexibility index (Phi) is 7.49. The van der Waals surface area contributed by atoms with Gasteiger partial charge in [0.05, 0.1) is 24.4 Å². The maximum Gasteiger partial charge on any atom is 0.269 e. The highest BCUT2D eigenvalue weighted by molar-refractivity contribution is 5.99.